The highest BCUT2D eigenvalue weighted by atomic mass is 35.5. The highest BCUT2D eigenvalue weighted by Gasteiger charge is 2.46. The van der Waals surface area contributed by atoms with Crippen molar-refractivity contribution in [2.45, 2.75) is 12.8 Å². The Balaban J connectivity index is 1.65. The number of ether oxygens (including phenoxy) is 1. The molecule has 0 saturated heterocycles. The van der Waals surface area contributed by atoms with E-state index in [1.54, 1.807) is 0 Å². The van der Waals surface area contributed by atoms with Gasteiger partial charge in [-0.15, -0.1) is 0 Å². The second-order valence-electron chi connectivity index (χ2n) is 8.50. The third-order valence-corrected chi connectivity index (χ3v) is 10.9. The first kappa shape index (κ1) is 23.4. The highest BCUT2D eigenvalue weighted by molar-refractivity contribution is 7.95. The van der Waals surface area contributed by atoms with Gasteiger partial charge in [-0.2, -0.15) is 0 Å². The molecule has 5 aromatic rings. The third kappa shape index (κ3) is 5.17. The second-order valence-corrected chi connectivity index (χ2v) is 12.4. The van der Waals surface area contributed by atoms with E-state index in [1.807, 2.05) is 30.3 Å². The summed E-state index contributed by atoms with van der Waals surface area (Å²) in [5, 5.41) is 4.73. The maximum Gasteiger partial charge on any atom is 0.128 e. The summed E-state index contributed by atoms with van der Waals surface area (Å²) in [4.78, 5) is 0. The average Bonchev–Trinajstić information content (AvgIpc) is 2.93. The van der Waals surface area contributed by atoms with E-state index in [0.29, 0.717) is 11.6 Å². The molecule has 1 nitrogen and oxygen atoms in total. The van der Waals surface area contributed by atoms with Crippen molar-refractivity contribution in [1.82, 2.24) is 0 Å². The van der Waals surface area contributed by atoms with E-state index in [0.717, 1.165) is 23.0 Å². The molecule has 0 radical (unpaired) electrons. The number of hydrogen-bond donors (Lipinski definition) is 0. The lowest BCUT2D eigenvalue weighted by Crippen LogP contribution is -2.32. The number of halogens is 1. The molecule has 0 fully saturated rings. The molecule has 3 heteroatoms. The van der Waals surface area contributed by atoms with Crippen molar-refractivity contribution in [3.05, 3.63) is 156 Å². The van der Waals surface area contributed by atoms with Crippen LogP contribution in [0.2, 0.25) is 5.02 Å². The fourth-order valence-corrected chi connectivity index (χ4v) is 8.97. The predicted molar refractivity (Wildman–Crippen MR) is 151 cm³/mol. The molecule has 0 atom stereocenters. The summed E-state index contributed by atoms with van der Waals surface area (Å²) in [7, 11) is -2.04. The first-order chi connectivity index (χ1) is 17.3. The van der Waals surface area contributed by atoms with Gasteiger partial charge in [0.2, 0.25) is 0 Å². The van der Waals surface area contributed by atoms with Crippen LogP contribution in [0, 0.1) is 0 Å². The summed E-state index contributed by atoms with van der Waals surface area (Å²) in [6.07, 6.45) is 0.840. The van der Waals surface area contributed by atoms with Gasteiger partial charge in [-0.1, -0.05) is 103 Å². The van der Waals surface area contributed by atoms with E-state index >= 15 is 0 Å². The molecule has 172 valence electrons. The zero-order valence-electron chi connectivity index (χ0n) is 19.4. The summed E-state index contributed by atoms with van der Waals surface area (Å²) < 4.78 is 6.39. The SMILES string of the molecule is Clc1ccc(C[P+](c2ccccc2)(c2ccccc2)c2ccccc2)c(OCc2ccccc2)c1. The fraction of sp³-hybridized carbons (Fsp3) is 0.0625. The van der Waals surface area contributed by atoms with Crippen molar-refractivity contribution in [1.29, 1.82) is 0 Å². The van der Waals surface area contributed by atoms with Crippen LogP contribution in [0.15, 0.2) is 140 Å². The van der Waals surface area contributed by atoms with Crippen molar-refractivity contribution < 1.29 is 4.74 Å². The van der Waals surface area contributed by atoms with Gasteiger partial charge in [-0.3, -0.25) is 0 Å². The fourth-order valence-electron chi connectivity index (χ4n) is 4.55. The lowest BCUT2D eigenvalue weighted by molar-refractivity contribution is 0.304. The van der Waals surface area contributed by atoms with E-state index in [2.05, 4.69) is 109 Å². The molecule has 0 aromatic heterocycles. The van der Waals surface area contributed by atoms with Gasteiger partial charge in [0.15, 0.2) is 0 Å². The minimum Gasteiger partial charge on any atom is -0.488 e. The molecule has 5 aromatic carbocycles. The molecule has 0 spiro atoms. The molecule has 35 heavy (non-hydrogen) atoms. The molecule has 0 amide bonds. The minimum absolute atomic E-state index is 0.502. The number of rotatable bonds is 8. The molecular weight excluding hydrogens is 467 g/mol. The van der Waals surface area contributed by atoms with Gasteiger partial charge in [0.05, 0.1) is 0 Å². The zero-order valence-corrected chi connectivity index (χ0v) is 21.1. The Labute approximate surface area is 213 Å². The summed E-state index contributed by atoms with van der Waals surface area (Å²) in [5.41, 5.74) is 2.30. The van der Waals surface area contributed by atoms with Gasteiger partial charge in [-0.25, -0.2) is 0 Å². The molecule has 0 unspecified atom stereocenters. The van der Waals surface area contributed by atoms with E-state index < -0.39 is 7.26 Å². The smallest absolute Gasteiger partial charge is 0.128 e. The molecule has 0 saturated carbocycles. The molecule has 0 aliphatic rings. The topological polar surface area (TPSA) is 9.23 Å². The van der Waals surface area contributed by atoms with Crippen LogP contribution < -0.4 is 20.7 Å². The van der Waals surface area contributed by atoms with Crippen LogP contribution in [-0.2, 0) is 12.8 Å². The molecule has 5 rings (SSSR count). The maximum atomic E-state index is 6.45. The Hall–Kier alpha value is -3.38. The van der Waals surface area contributed by atoms with E-state index in [-0.39, 0.29) is 0 Å². The van der Waals surface area contributed by atoms with Crippen molar-refractivity contribution >= 4 is 34.8 Å². The largest absolute Gasteiger partial charge is 0.488 e. The van der Waals surface area contributed by atoms with Crippen molar-refractivity contribution in [2.24, 2.45) is 0 Å². The number of hydrogen-bond acceptors (Lipinski definition) is 1. The van der Waals surface area contributed by atoms with Gasteiger partial charge in [-0.05, 0) is 54.1 Å². The second kappa shape index (κ2) is 10.9. The van der Waals surface area contributed by atoms with Crippen LogP contribution >= 0.6 is 18.9 Å². The zero-order chi connectivity index (χ0) is 23.9. The van der Waals surface area contributed by atoms with Crippen LogP contribution in [0.25, 0.3) is 0 Å². The van der Waals surface area contributed by atoms with Gasteiger partial charge >= 0.3 is 0 Å². The Morgan fingerprint density at radius 2 is 1.00 bits per heavy atom. The van der Waals surface area contributed by atoms with Crippen molar-refractivity contribution in [2.75, 3.05) is 0 Å². The van der Waals surface area contributed by atoms with Gasteiger partial charge in [0, 0.05) is 10.6 Å². The van der Waals surface area contributed by atoms with Gasteiger partial charge in [0.25, 0.3) is 0 Å². The Morgan fingerprint density at radius 1 is 0.543 bits per heavy atom. The molecule has 0 N–H and O–H groups in total. The Kier molecular flexibility index (Phi) is 7.28. The number of benzene rings is 5. The summed E-state index contributed by atoms with van der Waals surface area (Å²) in [6.45, 7) is 0.502. The normalized spacial score (nSPS) is 11.2. The van der Waals surface area contributed by atoms with Gasteiger partial charge in [0.1, 0.15) is 41.7 Å². The summed E-state index contributed by atoms with van der Waals surface area (Å²) in [6, 6.07) is 49.1. The molecular formula is C32H27ClOP+. The van der Waals surface area contributed by atoms with Crippen LogP contribution in [-0.4, -0.2) is 0 Å². The van der Waals surface area contributed by atoms with Crippen LogP contribution in [0.1, 0.15) is 11.1 Å². The average molecular weight is 494 g/mol. The van der Waals surface area contributed by atoms with Gasteiger partial charge < -0.3 is 4.74 Å². The molecule has 0 aliphatic carbocycles. The maximum absolute atomic E-state index is 6.45. The van der Waals surface area contributed by atoms with E-state index in [9.17, 15) is 0 Å². The van der Waals surface area contributed by atoms with Crippen LogP contribution in [0.3, 0.4) is 0 Å². The Morgan fingerprint density at radius 3 is 1.49 bits per heavy atom. The summed E-state index contributed by atoms with van der Waals surface area (Å²) in [5.74, 6) is 0.841. The lowest BCUT2D eigenvalue weighted by atomic mass is 10.2. The van der Waals surface area contributed by atoms with E-state index in [1.165, 1.54) is 15.9 Å². The minimum atomic E-state index is -2.04. The lowest BCUT2D eigenvalue weighted by Gasteiger charge is -2.28. The van der Waals surface area contributed by atoms with Crippen molar-refractivity contribution in [3.8, 4) is 5.75 Å². The monoisotopic (exact) mass is 493 g/mol. The van der Waals surface area contributed by atoms with Crippen LogP contribution in [0.4, 0.5) is 0 Å². The molecule has 0 aliphatic heterocycles. The van der Waals surface area contributed by atoms with Crippen molar-refractivity contribution in [3.63, 3.8) is 0 Å². The third-order valence-electron chi connectivity index (χ3n) is 6.26. The highest BCUT2D eigenvalue weighted by Crippen LogP contribution is 2.59. The quantitative estimate of drug-likeness (QED) is 0.204. The first-order valence-electron chi connectivity index (χ1n) is 11.8. The molecule has 0 bridgehead atoms. The summed E-state index contributed by atoms with van der Waals surface area (Å²) >= 11 is 6.45. The Bertz CT molecular complexity index is 1260. The predicted octanol–water partition coefficient (Wildman–Crippen LogP) is 7.41. The first-order valence-corrected chi connectivity index (χ1v) is 14.1. The van der Waals surface area contributed by atoms with Crippen LogP contribution in [0.5, 0.6) is 5.75 Å². The molecule has 0 heterocycles. The standard InChI is InChI=1S/C32H27ClOP/c33-28-22-21-27(32(23-28)34-24-26-13-5-1-6-14-26)25-35(29-15-7-2-8-16-29,30-17-9-3-10-18-30)31-19-11-4-12-20-31/h1-23H,24-25H2/q+1. The van der Waals surface area contributed by atoms with E-state index in [4.69, 9.17) is 16.3 Å².